The minimum absolute atomic E-state index is 0.0957. The molecule has 8 nitrogen and oxygen atoms in total. The molecule has 0 saturated carbocycles. The third-order valence-corrected chi connectivity index (χ3v) is 4.29. The van der Waals surface area contributed by atoms with Crippen molar-refractivity contribution in [2.45, 2.75) is 18.4 Å². The van der Waals surface area contributed by atoms with Crippen molar-refractivity contribution < 1.29 is 27.9 Å². The first-order valence-corrected chi connectivity index (χ1v) is 7.25. The van der Waals surface area contributed by atoms with Crippen LogP contribution < -0.4 is 4.72 Å². The van der Waals surface area contributed by atoms with E-state index < -0.39 is 27.3 Å². The summed E-state index contributed by atoms with van der Waals surface area (Å²) in [4.78, 5) is 10.7. The van der Waals surface area contributed by atoms with Crippen LogP contribution >= 0.6 is 0 Å². The second-order valence-corrected chi connectivity index (χ2v) is 5.99. The van der Waals surface area contributed by atoms with Gasteiger partial charge in [0.2, 0.25) is 10.0 Å². The minimum Gasteiger partial charge on any atom is -0.507 e. The van der Waals surface area contributed by atoms with Crippen LogP contribution in [0, 0.1) is 6.92 Å². The van der Waals surface area contributed by atoms with Gasteiger partial charge in [-0.3, -0.25) is 0 Å². The van der Waals surface area contributed by atoms with Crippen LogP contribution in [0.1, 0.15) is 21.6 Å². The fraction of sp³-hybridized carbons (Fsp3) is 0.167. The maximum atomic E-state index is 12.2. The van der Waals surface area contributed by atoms with Crippen molar-refractivity contribution in [3.63, 3.8) is 0 Å². The number of sulfonamides is 1. The Bertz CT molecular complexity index is 767. The largest absolute Gasteiger partial charge is 0.507 e. The molecule has 0 bridgehead atoms. The highest BCUT2D eigenvalue weighted by Crippen LogP contribution is 2.25. The van der Waals surface area contributed by atoms with Crippen LogP contribution in [0.5, 0.6) is 5.75 Å². The highest BCUT2D eigenvalue weighted by Gasteiger charge is 2.21. The Morgan fingerprint density at radius 1 is 1.43 bits per heavy atom. The van der Waals surface area contributed by atoms with Crippen molar-refractivity contribution in [1.29, 1.82) is 0 Å². The Morgan fingerprint density at radius 3 is 2.71 bits per heavy atom. The summed E-state index contributed by atoms with van der Waals surface area (Å²) in [6, 6.07) is 3.50. The number of aromatic carboxylic acids is 1. The van der Waals surface area contributed by atoms with Gasteiger partial charge in [-0.1, -0.05) is 5.16 Å². The Morgan fingerprint density at radius 2 is 2.14 bits per heavy atom. The summed E-state index contributed by atoms with van der Waals surface area (Å²) < 4.78 is 31.2. The smallest absolute Gasteiger partial charge is 0.339 e. The van der Waals surface area contributed by atoms with E-state index in [1.807, 2.05) is 0 Å². The molecule has 0 atom stereocenters. The van der Waals surface area contributed by atoms with Gasteiger partial charge in [0.15, 0.2) is 0 Å². The average molecular weight is 312 g/mol. The SMILES string of the molecule is Cc1cc(O)c(C(=O)O)cc1S(=O)(=O)NCc1ccon1. The number of carboxylic acid groups (broad SMARTS) is 1. The van der Waals surface area contributed by atoms with E-state index in [1.165, 1.54) is 19.3 Å². The molecule has 21 heavy (non-hydrogen) atoms. The quantitative estimate of drug-likeness (QED) is 0.746. The van der Waals surface area contributed by atoms with E-state index >= 15 is 0 Å². The average Bonchev–Trinajstić information content (AvgIpc) is 2.88. The monoisotopic (exact) mass is 312 g/mol. The second-order valence-electron chi connectivity index (χ2n) is 4.26. The summed E-state index contributed by atoms with van der Waals surface area (Å²) in [5.41, 5.74) is 0.126. The Hall–Kier alpha value is -2.39. The molecule has 0 aliphatic heterocycles. The van der Waals surface area contributed by atoms with Crippen molar-refractivity contribution in [2.75, 3.05) is 0 Å². The molecule has 0 spiro atoms. The van der Waals surface area contributed by atoms with E-state index in [9.17, 15) is 18.3 Å². The maximum absolute atomic E-state index is 12.2. The number of nitrogens with zero attached hydrogens (tertiary/aromatic N) is 1. The molecular formula is C12H12N2O6S. The van der Waals surface area contributed by atoms with Gasteiger partial charge in [-0.05, 0) is 24.6 Å². The molecule has 3 N–H and O–H groups in total. The predicted octanol–water partition coefficient (Wildman–Crippen LogP) is 0.865. The normalized spacial score (nSPS) is 11.5. The molecular weight excluding hydrogens is 300 g/mol. The third kappa shape index (κ3) is 3.20. The van der Waals surface area contributed by atoms with Gasteiger partial charge >= 0.3 is 5.97 Å². The van der Waals surface area contributed by atoms with Crippen LogP contribution in [0.15, 0.2) is 33.9 Å². The van der Waals surface area contributed by atoms with Gasteiger partial charge in [0.05, 0.1) is 17.1 Å². The summed E-state index contributed by atoms with van der Waals surface area (Å²) in [5, 5.41) is 22.0. The van der Waals surface area contributed by atoms with E-state index in [-0.39, 0.29) is 17.0 Å². The van der Waals surface area contributed by atoms with Crippen LogP contribution in [0.25, 0.3) is 0 Å². The zero-order chi connectivity index (χ0) is 15.6. The lowest BCUT2D eigenvalue weighted by Gasteiger charge is -2.10. The number of carbonyl (C=O) groups is 1. The summed E-state index contributed by atoms with van der Waals surface area (Å²) >= 11 is 0. The second kappa shape index (κ2) is 5.54. The number of benzene rings is 1. The van der Waals surface area contributed by atoms with Gasteiger partial charge in [0, 0.05) is 6.07 Å². The molecule has 112 valence electrons. The summed E-state index contributed by atoms with van der Waals surface area (Å²) in [5.74, 6) is -1.91. The van der Waals surface area contributed by atoms with Crippen molar-refractivity contribution in [1.82, 2.24) is 9.88 Å². The van der Waals surface area contributed by atoms with Gasteiger partial charge in [0.25, 0.3) is 0 Å². The van der Waals surface area contributed by atoms with Gasteiger partial charge < -0.3 is 14.7 Å². The highest BCUT2D eigenvalue weighted by atomic mass is 32.2. The standard InChI is InChI=1S/C12H12N2O6S/c1-7-4-10(15)9(12(16)17)5-11(7)21(18,19)13-6-8-2-3-20-14-8/h2-5,13,15H,6H2,1H3,(H,16,17). The van der Waals surface area contributed by atoms with Crippen LogP contribution in [-0.4, -0.2) is 29.8 Å². The van der Waals surface area contributed by atoms with E-state index in [1.54, 1.807) is 0 Å². The lowest BCUT2D eigenvalue weighted by molar-refractivity contribution is 0.0693. The first kappa shape index (κ1) is 15.0. The van der Waals surface area contributed by atoms with Crippen LogP contribution in [0.3, 0.4) is 0 Å². The number of rotatable bonds is 5. The molecule has 0 aliphatic carbocycles. The van der Waals surface area contributed by atoms with Crippen molar-refractivity contribution in [3.8, 4) is 5.75 Å². The zero-order valence-corrected chi connectivity index (χ0v) is 11.7. The maximum Gasteiger partial charge on any atom is 0.339 e. The molecule has 0 unspecified atom stereocenters. The van der Waals surface area contributed by atoms with E-state index in [2.05, 4.69) is 14.4 Å². The first-order chi connectivity index (χ1) is 9.81. The fourth-order valence-electron chi connectivity index (χ4n) is 1.71. The number of hydrogen-bond donors (Lipinski definition) is 3. The number of carboxylic acids is 1. The molecule has 0 saturated heterocycles. The molecule has 0 amide bonds. The third-order valence-electron chi connectivity index (χ3n) is 2.75. The van der Waals surface area contributed by atoms with E-state index in [0.29, 0.717) is 5.69 Å². The van der Waals surface area contributed by atoms with E-state index in [0.717, 1.165) is 12.1 Å². The van der Waals surface area contributed by atoms with Crippen LogP contribution in [0.2, 0.25) is 0 Å². The number of nitrogens with one attached hydrogen (secondary N) is 1. The Kier molecular flexibility index (Phi) is 3.96. The predicted molar refractivity (Wildman–Crippen MR) is 70.3 cm³/mol. The molecule has 2 rings (SSSR count). The van der Waals surface area contributed by atoms with Gasteiger partial charge in [-0.25, -0.2) is 17.9 Å². The molecule has 0 radical (unpaired) electrons. The van der Waals surface area contributed by atoms with Gasteiger partial charge in [-0.2, -0.15) is 0 Å². The highest BCUT2D eigenvalue weighted by molar-refractivity contribution is 7.89. The van der Waals surface area contributed by atoms with Gasteiger partial charge in [0.1, 0.15) is 17.6 Å². The number of phenols is 1. The first-order valence-electron chi connectivity index (χ1n) is 5.77. The number of hydrogen-bond acceptors (Lipinski definition) is 6. The topological polar surface area (TPSA) is 130 Å². The molecule has 0 aliphatic rings. The number of aromatic nitrogens is 1. The number of aryl methyl sites for hydroxylation is 1. The molecule has 1 heterocycles. The molecule has 1 aromatic carbocycles. The van der Waals surface area contributed by atoms with Crippen LogP contribution in [0.4, 0.5) is 0 Å². The van der Waals surface area contributed by atoms with E-state index in [4.69, 9.17) is 5.11 Å². The summed E-state index contributed by atoms with van der Waals surface area (Å²) in [6.45, 7) is 1.36. The Balaban J connectivity index is 2.35. The fourth-order valence-corrected chi connectivity index (χ4v) is 2.96. The summed E-state index contributed by atoms with van der Waals surface area (Å²) in [7, 11) is -3.95. The summed E-state index contributed by atoms with van der Waals surface area (Å²) in [6.07, 6.45) is 1.30. The molecule has 9 heteroatoms. The minimum atomic E-state index is -3.95. The lowest BCUT2D eigenvalue weighted by Crippen LogP contribution is -2.24. The van der Waals surface area contributed by atoms with Crippen molar-refractivity contribution in [3.05, 3.63) is 41.3 Å². The number of aromatic hydroxyl groups is 1. The lowest BCUT2D eigenvalue weighted by atomic mass is 10.1. The molecule has 1 aromatic heterocycles. The molecule has 2 aromatic rings. The zero-order valence-electron chi connectivity index (χ0n) is 10.9. The van der Waals surface area contributed by atoms with Crippen molar-refractivity contribution in [2.24, 2.45) is 0 Å². The molecule has 0 fully saturated rings. The Labute approximate surface area is 120 Å². The van der Waals surface area contributed by atoms with Crippen LogP contribution in [-0.2, 0) is 16.6 Å². The van der Waals surface area contributed by atoms with Crippen molar-refractivity contribution >= 4 is 16.0 Å². The van der Waals surface area contributed by atoms with Gasteiger partial charge in [-0.15, -0.1) is 0 Å².